The second-order valence-electron chi connectivity index (χ2n) is 3.38. The largest absolute Gasteiger partial charge is 0.493 e. The van der Waals surface area contributed by atoms with Crippen molar-refractivity contribution in [1.82, 2.24) is 5.32 Å². The summed E-state index contributed by atoms with van der Waals surface area (Å²) in [6.45, 7) is 1.97. The van der Waals surface area contributed by atoms with Gasteiger partial charge in [-0.2, -0.15) is 0 Å². The molecule has 1 saturated heterocycles. The molecule has 76 valence electrons. The van der Waals surface area contributed by atoms with Crippen LogP contribution < -0.4 is 14.8 Å². The van der Waals surface area contributed by atoms with E-state index in [0.29, 0.717) is 0 Å². The van der Waals surface area contributed by atoms with Crippen LogP contribution in [-0.4, -0.2) is 26.3 Å². The molecule has 1 aliphatic heterocycles. The Balaban J connectivity index is 2.07. The zero-order valence-electron chi connectivity index (χ0n) is 8.32. The van der Waals surface area contributed by atoms with E-state index in [2.05, 4.69) is 5.32 Å². The molecule has 2 rings (SSSR count). The molecule has 1 atom stereocenters. The molecule has 1 fully saturated rings. The topological polar surface area (TPSA) is 30.5 Å². The second-order valence-corrected chi connectivity index (χ2v) is 3.38. The average molecular weight is 193 g/mol. The van der Waals surface area contributed by atoms with E-state index in [9.17, 15) is 0 Å². The summed E-state index contributed by atoms with van der Waals surface area (Å²) < 4.78 is 11.0. The first-order valence-corrected chi connectivity index (χ1v) is 4.90. The lowest BCUT2D eigenvalue weighted by atomic mass is 10.3. The Bertz CT molecular complexity index is 295. The normalized spacial score (nSPS) is 20.8. The number of rotatable bonds is 3. The molecule has 0 amide bonds. The highest BCUT2D eigenvalue weighted by molar-refractivity contribution is 5.39. The average Bonchev–Trinajstić information content (AvgIpc) is 2.71. The Kier molecular flexibility index (Phi) is 2.89. The minimum Gasteiger partial charge on any atom is -0.493 e. The predicted molar refractivity (Wildman–Crippen MR) is 54.9 cm³/mol. The van der Waals surface area contributed by atoms with Crippen molar-refractivity contribution < 1.29 is 9.47 Å². The van der Waals surface area contributed by atoms with Gasteiger partial charge in [0.2, 0.25) is 0 Å². The highest BCUT2D eigenvalue weighted by Crippen LogP contribution is 2.27. The Hall–Kier alpha value is -1.22. The van der Waals surface area contributed by atoms with Crippen molar-refractivity contribution in [3.63, 3.8) is 0 Å². The molecule has 0 radical (unpaired) electrons. The van der Waals surface area contributed by atoms with E-state index in [-0.39, 0.29) is 6.10 Å². The maximum atomic E-state index is 5.81. The van der Waals surface area contributed by atoms with Crippen LogP contribution >= 0.6 is 0 Å². The molecule has 0 aromatic heterocycles. The van der Waals surface area contributed by atoms with Crippen LogP contribution in [0.4, 0.5) is 0 Å². The highest BCUT2D eigenvalue weighted by atomic mass is 16.5. The zero-order valence-corrected chi connectivity index (χ0v) is 8.32. The van der Waals surface area contributed by atoms with E-state index in [4.69, 9.17) is 9.47 Å². The lowest BCUT2D eigenvalue weighted by molar-refractivity contribution is 0.213. The molecule has 1 aromatic rings. The first kappa shape index (κ1) is 9.34. The number of nitrogens with one attached hydrogen (secondary N) is 1. The van der Waals surface area contributed by atoms with Gasteiger partial charge in [-0.1, -0.05) is 12.1 Å². The van der Waals surface area contributed by atoms with Crippen molar-refractivity contribution in [2.45, 2.75) is 12.5 Å². The van der Waals surface area contributed by atoms with Gasteiger partial charge in [-0.05, 0) is 25.1 Å². The van der Waals surface area contributed by atoms with Crippen molar-refractivity contribution >= 4 is 0 Å². The summed E-state index contributed by atoms with van der Waals surface area (Å²) in [5.41, 5.74) is 0. The van der Waals surface area contributed by atoms with Gasteiger partial charge in [0.05, 0.1) is 7.11 Å². The number of benzene rings is 1. The minimum absolute atomic E-state index is 0.284. The Morgan fingerprint density at radius 1 is 1.29 bits per heavy atom. The van der Waals surface area contributed by atoms with Gasteiger partial charge in [-0.15, -0.1) is 0 Å². The Labute approximate surface area is 84.0 Å². The standard InChI is InChI=1S/C11H15NO2/c1-13-10-4-2-3-5-11(10)14-9-6-7-12-8-9/h2-5,9,12H,6-8H2,1H3/t9-/m0/s1. The lowest BCUT2D eigenvalue weighted by Gasteiger charge is -2.14. The molecule has 0 aliphatic carbocycles. The quantitative estimate of drug-likeness (QED) is 0.787. The third-order valence-electron chi connectivity index (χ3n) is 2.38. The summed E-state index contributed by atoms with van der Waals surface area (Å²) in [6, 6.07) is 7.76. The van der Waals surface area contributed by atoms with Crippen LogP contribution in [0.1, 0.15) is 6.42 Å². The van der Waals surface area contributed by atoms with Crippen LogP contribution in [0.5, 0.6) is 11.5 Å². The summed E-state index contributed by atoms with van der Waals surface area (Å²) in [7, 11) is 1.66. The van der Waals surface area contributed by atoms with Crippen molar-refractivity contribution in [2.24, 2.45) is 0 Å². The van der Waals surface area contributed by atoms with Gasteiger partial charge in [-0.25, -0.2) is 0 Å². The van der Waals surface area contributed by atoms with Gasteiger partial charge < -0.3 is 14.8 Å². The molecular weight excluding hydrogens is 178 g/mol. The van der Waals surface area contributed by atoms with Crippen LogP contribution in [0.25, 0.3) is 0 Å². The van der Waals surface area contributed by atoms with Crippen molar-refractivity contribution in [3.8, 4) is 11.5 Å². The molecule has 3 heteroatoms. The fourth-order valence-corrected chi connectivity index (χ4v) is 1.62. The molecule has 1 aromatic carbocycles. The van der Waals surface area contributed by atoms with E-state index in [1.54, 1.807) is 7.11 Å². The smallest absolute Gasteiger partial charge is 0.161 e. The number of methoxy groups -OCH3 is 1. The molecular formula is C11H15NO2. The number of hydrogen-bond acceptors (Lipinski definition) is 3. The molecule has 0 bridgehead atoms. The van der Waals surface area contributed by atoms with Crippen molar-refractivity contribution in [1.29, 1.82) is 0 Å². The third kappa shape index (κ3) is 1.99. The minimum atomic E-state index is 0.284. The fourth-order valence-electron chi connectivity index (χ4n) is 1.62. The Morgan fingerprint density at radius 2 is 2.07 bits per heavy atom. The monoisotopic (exact) mass is 193 g/mol. The molecule has 1 heterocycles. The van der Waals surface area contributed by atoms with Crippen molar-refractivity contribution in [3.05, 3.63) is 24.3 Å². The van der Waals surface area contributed by atoms with Gasteiger partial charge >= 0.3 is 0 Å². The highest BCUT2D eigenvalue weighted by Gasteiger charge is 2.17. The number of ether oxygens (including phenoxy) is 2. The lowest BCUT2D eigenvalue weighted by Crippen LogP contribution is -2.19. The van der Waals surface area contributed by atoms with Crippen LogP contribution in [0.3, 0.4) is 0 Å². The second kappa shape index (κ2) is 4.33. The van der Waals surface area contributed by atoms with Crippen molar-refractivity contribution in [2.75, 3.05) is 20.2 Å². The molecule has 0 spiro atoms. The molecule has 1 aliphatic rings. The number of hydrogen-bond donors (Lipinski definition) is 1. The maximum absolute atomic E-state index is 5.81. The van der Waals surface area contributed by atoms with Crippen LogP contribution in [0, 0.1) is 0 Å². The van der Waals surface area contributed by atoms with Gasteiger partial charge in [0.15, 0.2) is 11.5 Å². The van der Waals surface area contributed by atoms with Crippen LogP contribution in [-0.2, 0) is 0 Å². The molecule has 0 unspecified atom stereocenters. The molecule has 1 N–H and O–H groups in total. The summed E-state index contributed by atoms with van der Waals surface area (Å²) >= 11 is 0. The fraction of sp³-hybridized carbons (Fsp3) is 0.455. The molecule has 0 saturated carbocycles. The number of para-hydroxylation sites is 2. The summed E-state index contributed by atoms with van der Waals surface area (Å²) in [5, 5.41) is 3.26. The molecule has 3 nitrogen and oxygen atoms in total. The van der Waals surface area contributed by atoms with Crippen LogP contribution in [0.2, 0.25) is 0 Å². The summed E-state index contributed by atoms with van der Waals surface area (Å²) in [5.74, 6) is 1.64. The van der Waals surface area contributed by atoms with Gasteiger partial charge in [-0.3, -0.25) is 0 Å². The van der Waals surface area contributed by atoms with E-state index >= 15 is 0 Å². The van der Waals surface area contributed by atoms with Gasteiger partial charge in [0, 0.05) is 6.54 Å². The summed E-state index contributed by atoms with van der Waals surface area (Å²) in [4.78, 5) is 0. The van der Waals surface area contributed by atoms with E-state index in [1.807, 2.05) is 24.3 Å². The summed E-state index contributed by atoms with van der Waals surface area (Å²) in [6.07, 6.45) is 1.35. The first-order chi connectivity index (χ1) is 6.90. The predicted octanol–water partition coefficient (Wildman–Crippen LogP) is 1.44. The van der Waals surface area contributed by atoms with E-state index in [1.165, 1.54) is 0 Å². The van der Waals surface area contributed by atoms with Gasteiger partial charge in [0.25, 0.3) is 0 Å². The SMILES string of the molecule is COc1ccccc1O[C@H]1CCNC1. The maximum Gasteiger partial charge on any atom is 0.161 e. The van der Waals surface area contributed by atoms with E-state index < -0.39 is 0 Å². The third-order valence-corrected chi connectivity index (χ3v) is 2.38. The van der Waals surface area contributed by atoms with Gasteiger partial charge in [0.1, 0.15) is 6.10 Å². The Morgan fingerprint density at radius 3 is 2.71 bits per heavy atom. The molecule has 14 heavy (non-hydrogen) atoms. The zero-order chi connectivity index (χ0) is 9.80. The van der Waals surface area contributed by atoms with Crippen LogP contribution in [0.15, 0.2) is 24.3 Å². The first-order valence-electron chi connectivity index (χ1n) is 4.90. The van der Waals surface area contributed by atoms with E-state index in [0.717, 1.165) is 31.0 Å².